The van der Waals surface area contributed by atoms with Gasteiger partial charge in [0.25, 0.3) is 0 Å². The fourth-order valence-corrected chi connectivity index (χ4v) is 2.45. The highest BCUT2D eigenvalue weighted by molar-refractivity contribution is 5.44. The summed E-state index contributed by atoms with van der Waals surface area (Å²) in [6.07, 6.45) is 0. The zero-order chi connectivity index (χ0) is 14.7. The van der Waals surface area contributed by atoms with E-state index < -0.39 is 0 Å². The summed E-state index contributed by atoms with van der Waals surface area (Å²) in [7, 11) is 5.71. The topological polar surface area (TPSA) is 60.4 Å². The van der Waals surface area contributed by atoms with Crippen molar-refractivity contribution in [1.29, 1.82) is 0 Å². The standard InChI is InChI=1S/C13H25N7/c1-6-19-7-8-20(9-10(19)2)13-16-11(14-3)15-12(17-13)18(4)5/h10H,6-9H2,1-5H3,(H,14,15,16,17). The third kappa shape index (κ3) is 3.09. The van der Waals surface area contributed by atoms with Crippen LogP contribution in [0, 0.1) is 0 Å². The lowest BCUT2D eigenvalue weighted by Crippen LogP contribution is -2.52. The molecular formula is C13H25N7. The van der Waals surface area contributed by atoms with Crippen LogP contribution in [0.25, 0.3) is 0 Å². The van der Waals surface area contributed by atoms with Crippen molar-refractivity contribution in [3.05, 3.63) is 0 Å². The monoisotopic (exact) mass is 279 g/mol. The molecule has 2 heterocycles. The first kappa shape index (κ1) is 14.8. The molecule has 0 radical (unpaired) electrons. The van der Waals surface area contributed by atoms with Gasteiger partial charge >= 0.3 is 0 Å². The van der Waals surface area contributed by atoms with Gasteiger partial charge in [0.2, 0.25) is 17.8 Å². The highest BCUT2D eigenvalue weighted by Crippen LogP contribution is 2.18. The average Bonchev–Trinajstić information content (AvgIpc) is 2.46. The molecule has 7 heteroatoms. The van der Waals surface area contributed by atoms with Gasteiger partial charge < -0.3 is 15.1 Å². The molecule has 0 aliphatic carbocycles. The van der Waals surface area contributed by atoms with Crippen LogP contribution in [0.1, 0.15) is 13.8 Å². The number of likely N-dealkylation sites (N-methyl/N-ethyl adjacent to an activating group) is 1. The highest BCUT2D eigenvalue weighted by Gasteiger charge is 2.24. The Balaban J connectivity index is 2.22. The van der Waals surface area contributed by atoms with Gasteiger partial charge in [-0.15, -0.1) is 0 Å². The smallest absolute Gasteiger partial charge is 0.232 e. The number of hydrogen-bond acceptors (Lipinski definition) is 7. The van der Waals surface area contributed by atoms with E-state index in [-0.39, 0.29) is 0 Å². The first-order chi connectivity index (χ1) is 9.55. The number of nitrogens with one attached hydrogen (secondary N) is 1. The summed E-state index contributed by atoms with van der Waals surface area (Å²) in [6.45, 7) is 8.51. The number of hydrogen-bond donors (Lipinski definition) is 1. The number of nitrogens with zero attached hydrogens (tertiary/aromatic N) is 6. The molecule has 0 aromatic carbocycles. The lowest BCUT2D eigenvalue weighted by atomic mass is 10.2. The lowest BCUT2D eigenvalue weighted by Gasteiger charge is -2.39. The molecule has 0 amide bonds. The first-order valence-corrected chi connectivity index (χ1v) is 7.15. The molecule has 0 saturated carbocycles. The molecule has 1 fully saturated rings. The van der Waals surface area contributed by atoms with E-state index >= 15 is 0 Å². The van der Waals surface area contributed by atoms with E-state index in [1.807, 2.05) is 26.0 Å². The van der Waals surface area contributed by atoms with Crippen LogP contribution in [0.15, 0.2) is 0 Å². The van der Waals surface area contributed by atoms with Gasteiger partial charge in [-0.3, -0.25) is 4.90 Å². The van der Waals surface area contributed by atoms with E-state index in [9.17, 15) is 0 Å². The largest absolute Gasteiger partial charge is 0.357 e. The van der Waals surface area contributed by atoms with E-state index in [1.54, 1.807) is 0 Å². The second-order valence-corrected chi connectivity index (χ2v) is 5.33. The Morgan fingerprint density at radius 2 is 2.00 bits per heavy atom. The van der Waals surface area contributed by atoms with Crippen LogP contribution in [0.5, 0.6) is 0 Å². The van der Waals surface area contributed by atoms with E-state index in [0.29, 0.717) is 17.9 Å². The maximum absolute atomic E-state index is 4.56. The number of anilines is 3. The summed E-state index contributed by atoms with van der Waals surface area (Å²) in [6, 6.07) is 0.520. The van der Waals surface area contributed by atoms with Crippen LogP contribution in [0.2, 0.25) is 0 Å². The van der Waals surface area contributed by atoms with Gasteiger partial charge in [-0.1, -0.05) is 6.92 Å². The average molecular weight is 279 g/mol. The molecule has 1 aromatic rings. The summed E-state index contributed by atoms with van der Waals surface area (Å²) in [5.41, 5.74) is 0. The molecule has 112 valence electrons. The van der Waals surface area contributed by atoms with Crippen LogP contribution in [0.3, 0.4) is 0 Å². The zero-order valence-electron chi connectivity index (χ0n) is 13.1. The Morgan fingerprint density at radius 3 is 2.55 bits per heavy atom. The summed E-state index contributed by atoms with van der Waals surface area (Å²) in [4.78, 5) is 20.0. The Kier molecular flexibility index (Phi) is 4.59. The summed E-state index contributed by atoms with van der Waals surface area (Å²) >= 11 is 0. The molecule has 1 unspecified atom stereocenters. The Bertz CT molecular complexity index is 448. The van der Waals surface area contributed by atoms with Crippen molar-refractivity contribution in [2.45, 2.75) is 19.9 Å². The van der Waals surface area contributed by atoms with Gasteiger partial charge in [0.1, 0.15) is 0 Å². The predicted octanol–water partition coefficient (Wildman–Crippen LogP) is 0.510. The Labute approximate surface area is 121 Å². The van der Waals surface area contributed by atoms with Crippen molar-refractivity contribution in [1.82, 2.24) is 19.9 Å². The summed E-state index contributed by atoms with van der Waals surface area (Å²) in [5.74, 6) is 2.06. The third-order valence-corrected chi connectivity index (χ3v) is 3.69. The van der Waals surface area contributed by atoms with Crippen molar-refractivity contribution in [3.8, 4) is 0 Å². The fraction of sp³-hybridized carbons (Fsp3) is 0.769. The van der Waals surface area contributed by atoms with Gasteiger partial charge in [-0.05, 0) is 13.5 Å². The molecule has 7 nitrogen and oxygen atoms in total. The van der Waals surface area contributed by atoms with Crippen LogP contribution in [0.4, 0.5) is 17.8 Å². The van der Waals surface area contributed by atoms with Gasteiger partial charge in [0.15, 0.2) is 0 Å². The molecule has 0 spiro atoms. The van der Waals surface area contributed by atoms with E-state index in [4.69, 9.17) is 0 Å². The number of aromatic nitrogens is 3. The van der Waals surface area contributed by atoms with Crippen molar-refractivity contribution >= 4 is 17.8 Å². The van der Waals surface area contributed by atoms with E-state index in [2.05, 4.69) is 43.9 Å². The molecule has 1 aliphatic rings. The van der Waals surface area contributed by atoms with Crippen molar-refractivity contribution in [3.63, 3.8) is 0 Å². The minimum Gasteiger partial charge on any atom is -0.357 e. The fourth-order valence-electron chi connectivity index (χ4n) is 2.45. The van der Waals surface area contributed by atoms with Crippen LogP contribution in [-0.2, 0) is 0 Å². The minimum absolute atomic E-state index is 0.520. The Morgan fingerprint density at radius 1 is 1.25 bits per heavy atom. The second-order valence-electron chi connectivity index (χ2n) is 5.33. The van der Waals surface area contributed by atoms with Crippen molar-refractivity contribution in [2.75, 3.05) is 62.4 Å². The number of piperazine rings is 1. The maximum atomic E-state index is 4.56. The quantitative estimate of drug-likeness (QED) is 0.861. The molecule has 0 bridgehead atoms. The second kappa shape index (κ2) is 6.21. The molecule has 2 rings (SSSR count). The van der Waals surface area contributed by atoms with Crippen LogP contribution < -0.4 is 15.1 Å². The van der Waals surface area contributed by atoms with E-state index in [0.717, 1.165) is 32.1 Å². The Hall–Kier alpha value is -1.63. The molecular weight excluding hydrogens is 254 g/mol. The first-order valence-electron chi connectivity index (χ1n) is 7.15. The maximum Gasteiger partial charge on any atom is 0.232 e. The third-order valence-electron chi connectivity index (χ3n) is 3.69. The molecule has 1 atom stereocenters. The summed E-state index contributed by atoms with van der Waals surface area (Å²) < 4.78 is 0. The van der Waals surface area contributed by atoms with Crippen molar-refractivity contribution < 1.29 is 0 Å². The normalized spacial score (nSPS) is 20.1. The van der Waals surface area contributed by atoms with Gasteiger partial charge in [-0.25, -0.2) is 0 Å². The molecule has 1 N–H and O–H groups in total. The lowest BCUT2D eigenvalue weighted by molar-refractivity contribution is 0.198. The van der Waals surface area contributed by atoms with Gasteiger partial charge in [0.05, 0.1) is 0 Å². The summed E-state index contributed by atoms with van der Waals surface area (Å²) in [5, 5.41) is 3.01. The van der Waals surface area contributed by atoms with Crippen molar-refractivity contribution in [2.24, 2.45) is 0 Å². The van der Waals surface area contributed by atoms with Gasteiger partial charge in [-0.2, -0.15) is 15.0 Å². The minimum atomic E-state index is 0.520. The number of rotatable bonds is 4. The van der Waals surface area contributed by atoms with E-state index in [1.165, 1.54) is 0 Å². The SMILES string of the molecule is CCN1CCN(c2nc(NC)nc(N(C)C)n2)CC1C. The highest BCUT2D eigenvalue weighted by atomic mass is 15.4. The zero-order valence-corrected chi connectivity index (χ0v) is 13.1. The molecule has 1 aromatic heterocycles. The van der Waals surface area contributed by atoms with Gasteiger partial charge in [0, 0.05) is 46.8 Å². The van der Waals surface area contributed by atoms with Crippen LogP contribution in [-0.4, -0.2) is 73.2 Å². The molecule has 20 heavy (non-hydrogen) atoms. The predicted molar refractivity (Wildman–Crippen MR) is 82.6 cm³/mol. The van der Waals surface area contributed by atoms with Crippen LogP contribution >= 0.6 is 0 Å². The molecule has 1 saturated heterocycles. The molecule has 1 aliphatic heterocycles.